The molecule has 1 fully saturated rings. The Balaban J connectivity index is 0.00000200. The first-order valence-corrected chi connectivity index (χ1v) is 5.94. The molecule has 2 rings (SSSR count). The van der Waals surface area contributed by atoms with E-state index in [4.69, 9.17) is 10.5 Å². The van der Waals surface area contributed by atoms with E-state index in [2.05, 4.69) is 5.32 Å². The molecule has 1 saturated heterocycles. The molecule has 0 spiro atoms. The number of hydrogen-bond acceptors (Lipinski definition) is 5. The highest BCUT2D eigenvalue weighted by atomic mass is 35.5. The van der Waals surface area contributed by atoms with Crippen LogP contribution in [0.2, 0.25) is 0 Å². The Kier molecular flexibility index (Phi) is 5.43. The second kappa shape index (κ2) is 6.65. The number of ether oxygens (including phenoxy) is 1. The maximum atomic E-state index is 12.1. The zero-order valence-corrected chi connectivity index (χ0v) is 11.5. The average Bonchev–Trinajstić information content (AvgIpc) is 2.40. The molecule has 1 aliphatic heterocycles. The van der Waals surface area contributed by atoms with Crippen molar-refractivity contribution in [2.75, 3.05) is 18.5 Å². The minimum Gasteiger partial charge on any atom is -0.381 e. The molecule has 0 saturated carbocycles. The van der Waals surface area contributed by atoms with Gasteiger partial charge in [0, 0.05) is 31.0 Å². The largest absolute Gasteiger partial charge is 0.381 e. The van der Waals surface area contributed by atoms with Gasteiger partial charge in [0.05, 0.1) is 4.92 Å². The van der Waals surface area contributed by atoms with Gasteiger partial charge in [-0.3, -0.25) is 14.9 Å². The second-order valence-electron chi connectivity index (χ2n) is 4.53. The molecule has 3 N–H and O–H groups in total. The Morgan fingerprint density at radius 2 is 2.05 bits per heavy atom. The topological polar surface area (TPSA) is 107 Å². The minimum atomic E-state index is -0.969. The van der Waals surface area contributed by atoms with Crippen molar-refractivity contribution in [2.24, 2.45) is 5.73 Å². The monoisotopic (exact) mass is 301 g/mol. The van der Waals surface area contributed by atoms with E-state index in [-0.39, 0.29) is 24.0 Å². The molecule has 1 heterocycles. The molecule has 1 amide bonds. The fourth-order valence-corrected chi connectivity index (χ4v) is 1.92. The summed E-state index contributed by atoms with van der Waals surface area (Å²) in [7, 11) is 0. The van der Waals surface area contributed by atoms with Gasteiger partial charge >= 0.3 is 0 Å². The summed E-state index contributed by atoms with van der Waals surface area (Å²) in [6, 6.07) is 5.78. The number of nitro benzene ring substituents is 1. The number of nitrogens with two attached hydrogens (primary N) is 1. The van der Waals surface area contributed by atoms with Crippen LogP contribution >= 0.6 is 12.4 Å². The van der Waals surface area contributed by atoms with Gasteiger partial charge in [-0.25, -0.2) is 0 Å². The van der Waals surface area contributed by atoms with Crippen LogP contribution < -0.4 is 11.1 Å². The van der Waals surface area contributed by atoms with Crippen LogP contribution in [0.25, 0.3) is 0 Å². The lowest BCUT2D eigenvalue weighted by atomic mass is 9.90. The third-order valence-corrected chi connectivity index (χ3v) is 3.15. The number of carbonyl (C=O) groups is 1. The molecule has 1 aliphatic rings. The first-order chi connectivity index (χ1) is 9.01. The van der Waals surface area contributed by atoms with Crippen LogP contribution in [0.15, 0.2) is 24.3 Å². The summed E-state index contributed by atoms with van der Waals surface area (Å²) in [5.74, 6) is -0.337. The molecule has 0 bridgehead atoms. The summed E-state index contributed by atoms with van der Waals surface area (Å²) in [6.45, 7) is 0.887. The van der Waals surface area contributed by atoms with Crippen molar-refractivity contribution >= 4 is 29.7 Å². The first-order valence-electron chi connectivity index (χ1n) is 5.94. The van der Waals surface area contributed by atoms with E-state index in [1.165, 1.54) is 18.2 Å². The summed E-state index contributed by atoms with van der Waals surface area (Å²) in [5.41, 5.74) is 5.35. The van der Waals surface area contributed by atoms with Crippen LogP contribution in [0.5, 0.6) is 0 Å². The maximum Gasteiger partial charge on any atom is 0.271 e. The quantitative estimate of drug-likeness (QED) is 0.649. The number of anilines is 1. The third kappa shape index (κ3) is 3.66. The van der Waals surface area contributed by atoms with Crippen molar-refractivity contribution in [3.05, 3.63) is 34.4 Å². The number of nitrogens with one attached hydrogen (secondary N) is 1. The van der Waals surface area contributed by atoms with Gasteiger partial charge in [-0.15, -0.1) is 12.4 Å². The van der Waals surface area contributed by atoms with Crippen molar-refractivity contribution in [3.63, 3.8) is 0 Å². The van der Waals surface area contributed by atoms with Crippen LogP contribution in [0.3, 0.4) is 0 Å². The Bertz CT molecular complexity index is 503. The van der Waals surface area contributed by atoms with Crippen molar-refractivity contribution in [3.8, 4) is 0 Å². The normalized spacial score (nSPS) is 16.9. The number of nitro groups is 1. The lowest BCUT2D eigenvalue weighted by Crippen LogP contribution is -2.54. The zero-order valence-electron chi connectivity index (χ0n) is 10.7. The number of amides is 1. The van der Waals surface area contributed by atoms with Gasteiger partial charge < -0.3 is 15.8 Å². The number of rotatable bonds is 3. The SMILES string of the molecule is Cl.NC1(C(=O)Nc2cccc([N+](=O)[O-])c2)CCOCC1. The second-order valence-corrected chi connectivity index (χ2v) is 4.53. The molecule has 0 radical (unpaired) electrons. The molecule has 1 aromatic rings. The molecule has 0 aromatic heterocycles. The Labute approximate surface area is 122 Å². The third-order valence-electron chi connectivity index (χ3n) is 3.15. The lowest BCUT2D eigenvalue weighted by molar-refractivity contribution is -0.384. The number of non-ortho nitro benzene ring substituents is 1. The van der Waals surface area contributed by atoms with Gasteiger partial charge in [-0.2, -0.15) is 0 Å². The summed E-state index contributed by atoms with van der Waals surface area (Å²) >= 11 is 0. The van der Waals surface area contributed by atoms with Crippen LogP contribution in [0.1, 0.15) is 12.8 Å². The summed E-state index contributed by atoms with van der Waals surface area (Å²) in [5, 5.41) is 13.3. The molecular formula is C12H16ClN3O4. The van der Waals surface area contributed by atoms with Crippen molar-refractivity contribution in [2.45, 2.75) is 18.4 Å². The van der Waals surface area contributed by atoms with Crippen LogP contribution in [0.4, 0.5) is 11.4 Å². The average molecular weight is 302 g/mol. The highest BCUT2D eigenvalue weighted by Crippen LogP contribution is 2.22. The van der Waals surface area contributed by atoms with Gasteiger partial charge in [-0.05, 0) is 18.9 Å². The molecule has 0 atom stereocenters. The van der Waals surface area contributed by atoms with Crippen LogP contribution in [-0.2, 0) is 9.53 Å². The number of benzene rings is 1. The minimum absolute atomic E-state index is 0. The zero-order chi connectivity index (χ0) is 13.9. The van der Waals surface area contributed by atoms with Gasteiger partial charge in [-0.1, -0.05) is 6.07 Å². The van der Waals surface area contributed by atoms with Gasteiger partial charge in [0.2, 0.25) is 5.91 Å². The van der Waals surface area contributed by atoms with E-state index in [1.807, 2.05) is 0 Å². The Hall–Kier alpha value is -1.70. The standard InChI is InChI=1S/C12H15N3O4.ClH/c13-12(4-6-19-7-5-12)11(16)14-9-2-1-3-10(8-9)15(17)18;/h1-3,8H,4-7,13H2,(H,14,16);1H. The molecule has 8 heteroatoms. The highest BCUT2D eigenvalue weighted by Gasteiger charge is 2.35. The maximum absolute atomic E-state index is 12.1. The van der Waals surface area contributed by atoms with E-state index >= 15 is 0 Å². The highest BCUT2D eigenvalue weighted by molar-refractivity contribution is 5.98. The predicted octanol–water partition coefficient (Wildman–Crippen LogP) is 1.46. The van der Waals surface area contributed by atoms with Gasteiger partial charge in [0.15, 0.2) is 0 Å². The fourth-order valence-electron chi connectivity index (χ4n) is 1.92. The van der Waals surface area contributed by atoms with E-state index < -0.39 is 10.5 Å². The number of nitrogens with zero attached hydrogens (tertiary/aromatic N) is 1. The van der Waals surface area contributed by atoms with E-state index in [0.717, 1.165) is 0 Å². The van der Waals surface area contributed by atoms with Crippen LogP contribution in [-0.4, -0.2) is 29.6 Å². The predicted molar refractivity (Wildman–Crippen MR) is 75.9 cm³/mol. The van der Waals surface area contributed by atoms with Gasteiger partial charge in [0.1, 0.15) is 5.54 Å². The summed E-state index contributed by atoms with van der Waals surface area (Å²) in [6.07, 6.45) is 0.877. The smallest absolute Gasteiger partial charge is 0.271 e. The Morgan fingerprint density at radius 3 is 2.65 bits per heavy atom. The van der Waals surface area contributed by atoms with E-state index in [9.17, 15) is 14.9 Å². The van der Waals surface area contributed by atoms with E-state index in [0.29, 0.717) is 31.7 Å². The molecule has 110 valence electrons. The molecule has 7 nitrogen and oxygen atoms in total. The molecular weight excluding hydrogens is 286 g/mol. The van der Waals surface area contributed by atoms with Crippen molar-refractivity contribution in [1.29, 1.82) is 0 Å². The Morgan fingerprint density at radius 1 is 1.40 bits per heavy atom. The van der Waals surface area contributed by atoms with Crippen molar-refractivity contribution < 1.29 is 14.5 Å². The number of halogens is 1. The molecule has 1 aromatic carbocycles. The van der Waals surface area contributed by atoms with E-state index in [1.54, 1.807) is 6.07 Å². The first kappa shape index (κ1) is 16.4. The summed E-state index contributed by atoms with van der Waals surface area (Å²) < 4.78 is 5.17. The van der Waals surface area contributed by atoms with Crippen LogP contribution in [0, 0.1) is 10.1 Å². The molecule has 0 aliphatic carbocycles. The molecule has 20 heavy (non-hydrogen) atoms. The van der Waals surface area contributed by atoms with Crippen molar-refractivity contribution in [1.82, 2.24) is 0 Å². The number of hydrogen-bond donors (Lipinski definition) is 2. The summed E-state index contributed by atoms with van der Waals surface area (Å²) in [4.78, 5) is 22.3. The number of carbonyl (C=O) groups excluding carboxylic acids is 1. The lowest BCUT2D eigenvalue weighted by Gasteiger charge is -2.31. The fraction of sp³-hybridized carbons (Fsp3) is 0.417. The van der Waals surface area contributed by atoms with Gasteiger partial charge in [0.25, 0.3) is 5.69 Å². The molecule has 0 unspecified atom stereocenters.